The van der Waals surface area contributed by atoms with Gasteiger partial charge in [-0.05, 0) is 30.2 Å². The molecule has 1 heteroatoms. The highest BCUT2D eigenvalue weighted by Crippen LogP contribution is 2.33. The Balaban J connectivity index is 1.95. The fourth-order valence-corrected chi connectivity index (χ4v) is 2.20. The molecule has 1 aliphatic rings. The Morgan fingerprint density at radius 1 is 1.29 bits per heavy atom. The first kappa shape index (κ1) is 9.45. The lowest BCUT2D eigenvalue weighted by molar-refractivity contribution is 0.379. The normalized spacial score (nSPS) is 28.9. The summed E-state index contributed by atoms with van der Waals surface area (Å²) < 4.78 is 0. The molecule has 1 aliphatic carbocycles. The van der Waals surface area contributed by atoms with Gasteiger partial charge in [-0.15, -0.1) is 0 Å². The molecule has 0 amide bonds. The third-order valence-corrected chi connectivity index (χ3v) is 3.33. The van der Waals surface area contributed by atoms with Crippen LogP contribution < -0.4 is 0 Å². The molecule has 0 bridgehead atoms. The van der Waals surface area contributed by atoms with E-state index in [1.165, 1.54) is 24.1 Å². The molecular weight excluding hydrogens is 170 g/mol. The first-order valence-corrected chi connectivity index (χ1v) is 5.30. The molecule has 1 nitrogen and oxygen atoms in total. The molecular formula is C13H17N. The predicted molar refractivity (Wildman–Crippen MR) is 60.8 cm³/mol. The molecule has 1 fully saturated rings. The summed E-state index contributed by atoms with van der Waals surface area (Å²) in [4.78, 5) is 4.28. The minimum Gasteiger partial charge on any atom is -0.297 e. The van der Waals surface area contributed by atoms with Crippen molar-refractivity contribution in [1.29, 1.82) is 0 Å². The lowest BCUT2D eigenvalue weighted by Crippen LogP contribution is -2.36. The monoisotopic (exact) mass is 187 g/mol. The Morgan fingerprint density at radius 3 is 2.57 bits per heavy atom. The zero-order valence-electron chi connectivity index (χ0n) is 8.90. The van der Waals surface area contributed by atoms with E-state index in [1.54, 1.807) is 0 Å². The molecule has 0 unspecified atom stereocenters. The summed E-state index contributed by atoms with van der Waals surface area (Å²) in [5.74, 6) is 1.51. The van der Waals surface area contributed by atoms with E-state index >= 15 is 0 Å². The first-order chi connectivity index (χ1) is 6.81. The van der Waals surface area contributed by atoms with Crippen LogP contribution in [0.15, 0.2) is 35.3 Å². The van der Waals surface area contributed by atoms with Crippen LogP contribution in [0.1, 0.15) is 18.9 Å². The molecule has 1 aromatic carbocycles. The smallest absolute Gasteiger partial charge is 0.0276 e. The second kappa shape index (κ2) is 3.95. The molecule has 1 saturated carbocycles. The number of aliphatic imine (C=N–C) groups is 1. The van der Waals surface area contributed by atoms with Crippen LogP contribution in [0.4, 0.5) is 0 Å². The van der Waals surface area contributed by atoms with Crippen LogP contribution in [0.5, 0.6) is 0 Å². The summed E-state index contributed by atoms with van der Waals surface area (Å²) in [6.45, 7) is 2.29. The van der Waals surface area contributed by atoms with Gasteiger partial charge >= 0.3 is 0 Å². The van der Waals surface area contributed by atoms with E-state index in [0.29, 0.717) is 5.92 Å². The average Bonchev–Trinajstić information content (AvgIpc) is 2.24. The van der Waals surface area contributed by atoms with E-state index in [4.69, 9.17) is 0 Å². The quantitative estimate of drug-likeness (QED) is 0.675. The number of nitrogens with zero attached hydrogens (tertiary/aromatic N) is 1. The van der Waals surface area contributed by atoms with Gasteiger partial charge in [-0.3, -0.25) is 4.99 Å². The molecule has 2 rings (SSSR count). The number of hydrogen-bond donors (Lipinski definition) is 0. The Kier molecular flexibility index (Phi) is 2.67. The highest BCUT2D eigenvalue weighted by atomic mass is 14.7. The predicted octanol–water partition coefficient (Wildman–Crippen LogP) is 2.96. The van der Waals surface area contributed by atoms with Crippen molar-refractivity contribution in [2.24, 2.45) is 16.8 Å². The Bertz CT molecular complexity index is 326. The minimum absolute atomic E-state index is 0.695. The van der Waals surface area contributed by atoms with Gasteiger partial charge in [-0.25, -0.2) is 0 Å². The van der Waals surface area contributed by atoms with E-state index in [9.17, 15) is 0 Å². The number of hydrogen-bond acceptors (Lipinski definition) is 1. The second-order valence-electron chi connectivity index (χ2n) is 4.16. The largest absolute Gasteiger partial charge is 0.297 e. The van der Waals surface area contributed by atoms with Gasteiger partial charge in [0.2, 0.25) is 0 Å². The van der Waals surface area contributed by atoms with Crippen LogP contribution >= 0.6 is 0 Å². The summed E-state index contributed by atoms with van der Waals surface area (Å²) in [6.07, 6.45) is 2.41. The zero-order chi connectivity index (χ0) is 9.97. The highest BCUT2D eigenvalue weighted by Gasteiger charge is 2.32. The average molecular weight is 187 g/mol. The first-order valence-electron chi connectivity index (χ1n) is 5.30. The number of rotatable bonds is 2. The van der Waals surface area contributed by atoms with E-state index in [2.05, 4.69) is 42.2 Å². The van der Waals surface area contributed by atoms with Gasteiger partial charge in [0.15, 0.2) is 0 Å². The van der Waals surface area contributed by atoms with E-state index in [0.717, 1.165) is 5.92 Å². The molecule has 0 saturated heterocycles. The van der Waals surface area contributed by atoms with Crippen molar-refractivity contribution in [3.63, 3.8) is 0 Å². The molecule has 0 heterocycles. The van der Waals surface area contributed by atoms with Crippen molar-refractivity contribution in [2.75, 3.05) is 7.05 Å². The molecule has 0 radical (unpaired) electrons. The van der Waals surface area contributed by atoms with Crippen LogP contribution in [0, 0.1) is 11.8 Å². The van der Waals surface area contributed by atoms with Crippen molar-refractivity contribution in [3.05, 3.63) is 35.9 Å². The maximum absolute atomic E-state index is 4.28. The summed E-state index contributed by atoms with van der Waals surface area (Å²) in [7, 11) is 1.91. The molecule has 14 heavy (non-hydrogen) atoms. The van der Waals surface area contributed by atoms with Crippen LogP contribution in [0.3, 0.4) is 0 Å². The van der Waals surface area contributed by atoms with Crippen LogP contribution in [0.2, 0.25) is 0 Å². The van der Waals surface area contributed by atoms with Gasteiger partial charge in [0.25, 0.3) is 0 Å². The molecule has 0 aromatic heterocycles. The van der Waals surface area contributed by atoms with Gasteiger partial charge < -0.3 is 0 Å². The molecule has 2 atom stereocenters. The molecule has 74 valence electrons. The third kappa shape index (κ3) is 1.72. The lowest BCUT2D eigenvalue weighted by Gasteiger charge is -2.36. The van der Waals surface area contributed by atoms with E-state index in [-0.39, 0.29) is 0 Å². The SMILES string of the molecule is CN=C1C[C@H](Cc2ccccc2)[C@H]1C. The minimum atomic E-state index is 0.695. The topological polar surface area (TPSA) is 12.4 Å². The summed E-state index contributed by atoms with van der Waals surface area (Å²) in [5, 5.41) is 0. The summed E-state index contributed by atoms with van der Waals surface area (Å²) in [6, 6.07) is 10.7. The van der Waals surface area contributed by atoms with Gasteiger partial charge in [0.05, 0.1) is 0 Å². The van der Waals surface area contributed by atoms with Crippen molar-refractivity contribution in [1.82, 2.24) is 0 Å². The second-order valence-corrected chi connectivity index (χ2v) is 4.16. The lowest BCUT2D eigenvalue weighted by atomic mass is 9.70. The van der Waals surface area contributed by atoms with Gasteiger partial charge in [-0.2, -0.15) is 0 Å². The van der Waals surface area contributed by atoms with Crippen LogP contribution in [-0.4, -0.2) is 12.8 Å². The fourth-order valence-electron chi connectivity index (χ4n) is 2.20. The molecule has 1 aromatic rings. The third-order valence-electron chi connectivity index (χ3n) is 3.33. The fraction of sp³-hybridized carbons (Fsp3) is 0.462. The molecule has 0 N–H and O–H groups in total. The van der Waals surface area contributed by atoms with Gasteiger partial charge in [0, 0.05) is 12.8 Å². The Labute approximate surface area is 85.9 Å². The molecule has 0 aliphatic heterocycles. The van der Waals surface area contributed by atoms with Gasteiger partial charge in [0.1, 0.15) is 0 Å². The van der Waals surface area contributed by atoms with Gasteiger partial charge in [-0.1, -0.05) is 37.3 Å². The Morgan fingerprint density at radius 2 is 2.00 bits per heavy atom. The van der Waals surface area contributed by atoms with E-state index in [1.807, 2.05) is 7.05 Å². The van der Waals surface area contributed by atoms with Crippen molar-refractivity contribution in [2.45, 2.75) is 19.8 Å². The maximum Gasteiger partial charge on any atom is 0.0276 e. The van der Waals surface area contributed by atoms with Crippen LogP contribution in [0.25, 0.3) is 0 Å². The zero-order valence-corrected chi connectivity index (χ0v) is 8.90. The van der Waals surface area contributed by atoms with E-state index < -0.39 is 0 Å². The standard InChI is InChI=1S/C13H17N/c1-10-12(9-13(10)14-2)8-11-6-4-3-5-7-11/h3-7,10,12H,8-9H2,1-2H3/t10-,12+/m1/s1. The Hall–Kier alpha value is -1.11. The van der Waals surface area contributed by atoms with Crippen molar-refractivity contribution in [3.8, 4) is 0 Å². The van der Waals surface area contributed by atoms with Crippen molar-refractivity contribution >= 4 is 5.71 Å². The maximum atomic E-state index is 4.28. The van der Waals surface area contributed by atoms with Crippen molar-refractivity contribution < 1.29 is 0 Å². The highest BCUT2D eigenvalue weighted by molar-refractivity contribution is 5.92. The molecule has 0 spiro atoms. The number of benzene rings is 1. The summed E-state index contributed by atoms with van der Waals surface area (Å²) >= 11 is 0. The summed E-state index contributed by atoms with van der Waals surface area (Å²) in [5.41, 5.74) is 2.85. The van der Waals surface area contributed by atoms with Crippen LogP contribution in [-0.2, 0) is 6.42 Å².